The van der Waals surface area contributed by atoms with Crippen molar-refractivity contribution in [3.8, 4) is 0 Å². The fourth-order valence-electron chi connectivity index (χ4n) is 1.87. The van der Waals surface area contributed by atoms with Gasteiger partial charge in [0.1, 0.15) is 0 Å². The molecule has 0 saturated heterocycles. The molecule has 1 aliphatic rings. The molecule has 1 nitrogen and oxygen atoms in total. The van der Waals surface area contributed by atoms with Gasteiger partial charge in [-0.25, -0.2) is 0 Å². The molecule has 1 saturated carbocycles. The van der Waals surface area contributed by atoms with Crippen LogP contribution in [0.15, 0.2) is 24.3 Å². The summed E-state index contributed by atoms with van der Waals surface area (Å²) >= 11 is 9.65. The summed E-state index contributed by atoms with van der Waals surface area (Å²) in [5, 5.41) is 1.59. The molecule has 0 bridgehead atoms. The lowest BCUT2D eigenvalue weighted by molar-refractivity contribution is 0.0224. The third-order valence-corrected chi connectivity index (χ3v) is 4.08. The molecule has 1 aliphatic carbocycles. The SMILES string of the molecule is Clc1ccccc1C(CBr)OCC1CCC1. The Morgan fingerprint density at radius 3 is 2.69 bits per heavy atom. The zero-order chi connectivity index (χ0) is 11.4. The van der Waals surface area contributed by atoms with E-state index < -0.39 is 0 Å². The molecule has 0 heterocycles. The molecule has 0 aromatic heterocycles. The Hall–Kier alpha value is -0.0500. The smallest absolute Gasteiger partial charge is 0.0936 e. The average Bonchev–Trinajstić information content (AvgIpc) is 2.23. The van der Waals surface area contributed by atoms with Gasteiger partial charge in [-0.3, -0.25) is 0 Å². The summed E-state index contributed by atoms with van der Waals surface area (Å²) in [6.07, 6.45) is 4.07. The standard InChI is InChI=1S/C13H16BrClO/c14-8-13(16-9-10-4-3-5-10)11-6-1-2-7-12(11)15/h1-2,6-7,10,13H,3-5,8-9H2. The summed E-state index contributed by atoms with van der Waals surface area (Å²) in [5.41, 5.74) is 1.08. The van der Waals surface area contributed by atoms with Crippen LogP contribution in [0.3, 0.4) is 0 Å². The van der Waals surface area contributed by atoms with Crippen LogP contribution in [0.25, 0.3) is 0 Å². The summed E-state index contributed by atoms with van der Waals surface area (Å²) in [6.45, 7) is 0.863. The van der Waals surface area contributed by atoms with Crippen LogP contribution < -0.4 is 0 Å². The molecular weight excluding hydrogens is 287 g/mol. The summed E-state index contributed by atoms with van der Waals surface area (Å²) in [5.74, 6) is 0.768. The van der Waals surface area contributed by atoms with Crippen LogP contribution in [0.2, 0.25) is 5.02 Å². The molecule has 16 heavy (non-hydrogen) atoms. The highest BCUT2D eigenvalue weighted by Gasteiger charge is 2.20. The number of hydrogen-bond donors (Lipinski definition) is 0. The number of halogens is 2. The topological polar surface area (TPSA) is 9.23 Å². The van der Waals surface area contributed by atoms with Gasteiger partial charge in [-0.15, -0.1) is 0 Å². The molecule has 1 unspecified atom stereocenters. The minimum Gasteiger partial charge on any atom is -0.372 e. The highest BCUT2D eigenvalue weighted by atomic mass is 79.9. The number of ether oxygens (including phenoxy) is 1. The Morgan fingerprint density at radius 1 is 1.38 bits per heavy atom. The highest BCUT2D eigenvalue weighted by Crippen LogP contribution is 2.31. The van der Waals surface area contributed by atoms with Crippen LogP contribution in [-0.2, 0) is 4.74 Å². The summed E-state index contributed by atoms with van der Waals surface area (Å²) in [7, 11) is 0. The monoisotopic (exact) mass is 302 g/mol. The molecule has 2 rings (SSSR count). The van der Waals surface area contributed by atoms with Crippen molar-refractivity contribution in [2.24, 2.45) is 5.92 Å². The van der Waals surface area contributed by atoms with Crippen molar-refractivity contribution < 1.29 is 4.74 Å². The van der Waals surface area contributed by atoms with Crippen LogP contribution in [-0.4, -0.2) is 11.9 Å². The van der Waals surface area contributed by atoms with Crippen molar-refractivity contribution in [3.05, 3.63) is 34.9 Å². The Kier molecular flexibility index (Phi) is 4.68. The van der Waals surface area contributed by atoms with E-state index in [1.165, 1.54) is 19.3 Å². The normalized spacial score (nSPS) is 18.1. The summed E-state index contributed by atoms with van der Waals surface area (Å²) in [6, 6.07) is 7.90. The third-order valence-electron chi connectivity index (χ3n) is 3.15. The molecule has 1 aromatic carbocycles. The Balaban J connectivity index is 1.95. The molecule has 0 spiro atoms. The molecule has 3 heteroatoms. The van der Waals surface area contributed by atoms with Gasteiger partial charge in [0, 0.05) is 15.9 Å². The first-order chi connectivity index (χ1) is 7.81. The van der Waals surface area contributed by atoms with Crippen molar-refractivity contribution in [1.82, 2.24) is 0 Å². The van der Waals surface area contributed by atoms with E-state index >= 15 is 0 Å². The number of rotatable bonds is 5. The van der Waals surface area contributed by atoms with E-state index in [2.05, 4.69) is 15.9 Å². The van der Waals surface area contributed by atoms with E-state index in [0.717, 1.165) is 28.4 Å². The zero-order valence-corrected chi connectivity index (χ0v) is 11.5. The maximum absolute atomic E-state index is 6.16. The lowest BCUT2D eigenvalue weighted by Gasteiger charge is -2.27. The molecular formula is C13H16BrClO. The van der Waals surface area contributed by atoms with Gasteiger partial charge in [-0.05, 0) is 24.8 Å². The highest BCUT2D eigenvalue weighted by molar-refractivity contribution is 9.09. The first-order valence-electron chi connectivity index (χ1n) is 5.73. The first kappa shape index (κ1) is 12.4. The number of alkyl halides is 1. The second-order valence-corrected chi connectivity index (χ2v) is 5.35. The van der Waals surface area contributed by atoms with Crippen LogP contribution in [0.1, 0.15) is 30.9 Å². The van der Waals surface area contributed by atoms with Crippen molar-refractivity contribution >= 4 is 27.5 Å². The van der Waals surface area contributed by atoms with Gasteiger partial charge in [0.2, 0.25) is 0 Å². The molecule has 0 amide bonds. The Morgan fingerprint density at radius 2 is 2.12 bits per heavy atom. The van der Waals surface area contributed by atoms with E-state index in [-0.39, 0.29) is 6.10 Å². The van der Waals surface area contributed by atoms with Crippen LogP contribution >= 0.6 is 27.5 Å². The third kappa shape index (κ3) is 2.99. The lowest BCUT2D eigenvalue weighted by Crippen LogP contribution is -2.20. The van der Waals surface area contributed by atoms with E-state index in [4.69, 9.17) is 16.3 Å². The van der Waals surface area contributed by atoms with Gasteiger partial charge < -0.3 is 4.74 Å². The van der Waals surface area contributed by atoms with E-state index in [0.29, 0.717) is 0 Å². The fraction of sp³-hybridized carbons (Fsp3) is 0.538. The lowest BCUT2D eigenvalue weighted by atomic mass is 9.86. The number of benzene rings is 1. The zero-order valence-electron chi connectivity index (χ0n) is 9.16. The van der Waals surface area contributed by atoms with E-state index in [1.54, 1.807) is 0 Å². The van der Waals surface area contributed by atoms with Crippen molar-refractivity contribution in [3.63, 3.8) is 0 Å². The van der Waals surface area contributed by atoms with E-state index in [1.807, 2.05) is 24.3 Å². The van der Waals surface area contributed by atoms with Gasteiger partial charge in [0.15, 0.2) is 0 Å². The molecule has 0 aliphatic heterocycles. The Labute approximate surface area is 110 Å². The van der Waals surface area contributed by atoms with Gasteiger partial charge in [0.25, 0.3) is 0 Å². The average molecular weight is 304 g/mol. The fourth-order valence-corrected chi connectivity index (χ4v) is 2.66. The largest absolute Gasteiger partial charge is 0.372 e. The van der Waals surface area contributed by atoms with Crippen LogP contribution in [0.5, 0.6) is 0 Å². The first-order valence-corrected chi connectivity index (χ1v) is 7.23. The second kappa shape index (κ2) is 6.04. The van der Waals surface area contributed by atoms with Gasteiger partial charge in [-0.2, -0.15) is 0 Å². The van der Waals surface area contributed by atoms with E-state index in [9.17, 15) is 0 Å². The van der Waals surface area contributed by atoms with Crippen LogP contribution in [0, 0.1) is 5.92 Å². The van der Waals surface area contributed by atoms with Crippen molar-refractivity contribution in [2.45, 2.75) is 25.4 Å². The number of hydrogen-bond acceptors (Lipinski definition) is 1. The van der Waals surface area contributed by atoms with Gasteiger partial charge in [-0.1, -0.05) is 52.2 Å². The molecule has 1 fully saturated rings. The molecule has 88 valence electrons. The molecule has 0 radical (unpaired) electrons. The summed E-state index contributed by atoms with van der Waals surface area (Å²) in [4.78, 5) is 0. The predicted octanol–water partition coefficient (Wildman–Crippen LogP) is 4.59. The maximum atomic E-state index is 6.16. The quantitative estimate of drug-likeness (QED) is 0.723. The van der Waals surface area contributed by atoms with Gasteiger partial charge >= 0.3 is 0 Å². The summed E-state index contributed by atoms with van der Waals surface area (Å²) < 4.78 is 5.93. The molecule has 1 aromatic rings. The maximum Gasteiger partial charge on any atom is 0.0936 e. The Bertz CT molecular complexity index is 338. The minimum absolute atomic E-state index is 0.0781. The second-order valence-electron chi connectivity index (χ2n) is 4.29. The van der Waals surface area contributed by atoms with Crippen molar-refractivity contribution in [2.75, 3.05) is 11.9 Å². The van der Waals surface area contributed by atoms with Crippen LogP contribution in [0.4, 0.5) is 0 Å². The minimum atomic E-state index is 0.0781. The van der Waals surface area contributed by atoms with Gasteiger partial charge in [0.05, 0.1) is 12.7 Å². The molecule has 1 atom stereocenters. The molecule has 0 N–H and O–H groups in total. The van der Waals surface area contributed by atoms with Crippen molar-refractivity contribution in [1.29, 1.82) is 0 Å². The predicted molar refractivity (Wildman–Crippen MR) is 71.3 cm³/mol.